The van der Waals surface area contributed by atoms with Crippen molar-refractivity contribution in [3.63, 3.8) is 0 Å². The minimum absolute atomic E-state index is 0.0299. The van der Waals surface area contributed by atoms with E-state index in [-0.39, 0.29) is 5.41 Å². The Morgan fingerprint density at radius 3 is 2.27 bits per heavy atom. The summed E-state index contributed by atoms with van der Waals surface area (Å²) in [6, 6.07) is 7.98. The first-order valence-corrected chi connectivity index (χ1v) is 8.25. The Labute approximate surface area is 100 Å². The summed E-state index contributed by atoms with van der Waals surface area (Å²) in [5, 5.41) is 1.00. The average molecular weight is 255 g/mol. The average Bonchev–Trinajstić information content (AvgIpc) is 2.39. The molecule has 0 spiro atoms. The van der Waals surface area contributed by atoms with Crippen LogP contribution in [-0.2, 0) is 29.5 Å². The molecule has 1 nitrogen and oxygen atoms in total. The molecule has 0 aromatic heterocycles. The summed E-state index contributed by atoms with van der Waals surface area (Å²) >= 11 is 11.2. The first-order chi connectivity index (χ1) is 6.83. The molecule has 0 radical (unpaired) electrons. The fourth-order valence-electron chi connectivity index (χ4n) is 1.62. The predicted octanol–water partition coefficient (Wildman–Crippen LogP) is 3.21. The Morgan fingerprint density at radius 1 is 1.13 bits per heavy atom. The zero-order chi connectivity index (χ0) is 11.3. The van der Waals surface area contributed by atoms with Crippen molar-refractivity contribution in [3.05, 3.63) is 24.3 Å². The maximum atomic E-state index is 5.60. The molecular weight excluding hydrogens is 242 g/mol. The summed E-state index contributed by atoms with van der Waals surface area (Å²) in [6.45, 7) is 6.37. The van der Waals surface area contributed by atoms with Crippen LogP contribution in [0.5, 0.6) is 0 Å². The summed E-state index contributed by atoms with van der Waals surface area (Å²) in [5.41, 5.74) is 0.945. The number of fused-ring (bicyclic) bond motifs is 1. The first kappa shape index (κ1) is 11.2. The normalized spacial score (nSPS) is 18.5. The van der Waals surface area contributed by atoms with Gasteiger partial charge in [0.05, 0.1) is 10.7 Å². The maximum Gasteiger partial charge on any atom is 0.0918 e. The van der Waals surface area contributed by atoms with Crippen LogP contribution in [0.3, 0.4) is 0 Å². The van der Waals surface area contributed by atoms with Crippen LogP contribution in [0.25, 0.3) is 0 Å². The van der Waals surface area contributed by atoms with E-state index in [1.165, 1.54) is 0 Å². The van der Waals surface area contributed by atoms with E-state index in [1.807, 2.05) is 24.3 Å². The molecule has 80 valence electrons. The molecule has 0 N–H and O–H groups in total. The highest BCUT2D eigenvalue weighted by Crippen LogP contribution is 2.38. The van der Waals surface area contributed by atoms with Crippen molar-refractivity contribution >= 4 is 40.3 Å². The fraction of sp³-hybridized carbons (Fsp3) is 0.364. The first-order valence-electron chi connectivity index (χ1n) is 4.77. The number of para-hydroxylation sites is 1. The zero-order valence-electron chi connectivity index (χ0n) is 8.98. The quantitative estimate of drug-likeness (QED) is 0.706. The molecule has 4 heteroatoms. The summed E-state index contributed by atoms with van der Waals surface area (Å²) in [4.78, 5) is 5.69. The third-order valence-corrected chi connectivity index (χ3v) is 6.43. The van der Waals surface area contributed by atoms with Crippen molar-refractivity contribution < 1.29 is 0 Å². The molecule has 1 aliphatic rings. The summed E-state index contributed by atoms with van der Waals surface area (Å²) < 4.78 is 0. The monoisotopic (exact) mass is 255 g/mol. The van der Waals surface area contributed by atoms with Crippen LogP contribution < -0.4 is 0 Å². The summed E-state index contributed by atoms with van der Waals surface area (Å²) in [5.74, 6) is 0. The maximum absolute atomic E-state index is 5.60. The Balaban J connectivity index is 2.70. The SMILES string of the molecule is CC(C)(C)C1=Nc2ccccc2S1(=S)=S. The largest absolute Gasteiger partial charge is 0.244 e. The molecule has 1 aromatic carbocycles. The summed E-state index contributed by atoms with van der Waals surface area (Å²) in [7, 11) is -1.69. The lowest BCUT2D eigenvalue weighted by molar-refractivity contribution is 0.602. The van der Waals surface area contributed by atoms with E-state index in [0.717, 1.165) is 15.6 Å². The second-order valence-corrected chi connectivity index (χ2v) is 10.1. The van der Waals surface area contributed by atoms with Gasteiger partial charge in [0.25, 0.3) is 0 Å². The van der Waals surface area contributed by atoms with Gasteiger partial charge in [-0.2, -0.15) is 0 Å². The van der Waals surface area contributed by atoms with Crippen LogP contribution in [-0.4, -0.2) is 5.04 Å². The van der Waals surface area contributed by atoms with Crippen LogP contribution >= 0.6 is 0 Å². The van der Waals surface area contributed by atoms with Gasteiger partial charge in [-0.05, 0) is 41.7 Å². The number of hydrogen-bond acceptors (Lipinski definition) is 3. The van der Waals surface area contributed by atoms with Crippen LogP contribution in [0.15, 0.2) is 34.2 Å². The number of rotatable bonds is 0. The van der Waals surface area contributed by atoms with Gasteiger partial charge in [0.1, 0.15) is 0 Å². The molecule has 0 saturated heterocycles. The highest BCUT2D eigenvalue weighted by Gasteiger charge is 2.32. The molecule has 0 atom stereocenters. The fourth-order valence-corrected chi connectivity index (χ4v) is 6.07. The van der Waals surface area contributed by atoms with Gasteiger partial charge in [-0.15, -0.1) is 0 Å². The van der Waals surface area contributed by atoms with E-state index in [9.17, 15) is 0 Å². The van der Waals surface area contributed by atoms with Gasteiger partial charge in [-0.3, -0.25) is 0 Å². The minimum Gasteiger partial charge on any atom is -0.244 e. The second kappa shape index (κ2) is 3.34. The lowest BCUT2D eigenvalue weighted by atomic mass is 9.99. The molecule has 2 rings (SSSR count). The van der Waals surface area contributed by atoms with Gasteiger partial charge in [-0.1, -0.05) is 32.9 Å². The number of aliphatic imine (C=N–C) groups is 1. The van der Waals surface area contributed by atoms with E-state index in [1.54, 1.807) is 0 Å². The highest BCUT2D eigenvalue weighted by molar-refractivity contribution is 8.63. The molecular formula is C11H13NS3. The zero-order valence-corrected chi connectivity index (χ0v) is 11.4. The van der Waals surface area contributed by atoms with Crippen molar-refractivity contribution in [2.45, 2.75) is 25.7 Å². The van der Waals surface area contributed by atoms with Crippen molar-refractivity contribution in [1.82, 2.24) is 0 Å². The molecule has 1 heterocycles. The lowest BCUT2D eigenvalue weighted by Crippen LogP contribution is -2.24. The van der Waals surface area contributed by atoms with Gasteiger partial charge in [0.15, 0.2) is 0 Å². The van der Waals surface area contributed by atoms with Crippen LogP contribution in [0.2, 0.25) is 0 Å². The van der Waals surface area contributed by atoms with Gasteiger partial charge >= 0.3 is 0 Å². The summed E-state index contributed by atoms with van der Waals surface area (Å²) in [6.07, 6.45) is 0. The Bertz CT molecular complexity index is 533. The minimum atomic E-state index is -1.69. The highest BCUT2D eigenvalue weighted by atomic mass is 33.1. The molecule has 1 aliphatic heterocycles. The predicted molar refractivity (Wildman–Crippen MR) is 73.4 cm³/mol. The third-order valence-electron chi connectivity index (χ3n) is 2.27. The number of nitrogens with zero attached hydrogens (tertiary/aromatic N) is 1. The molecule has 15 heavy (non-hydrogen) atoms. The molecule has 0 saturated carbocycles. The smallest absolute Gasteiger partial charge is 0.0918 e. The standard InChI is InChI=1S/C11H13NS3/c1-11(2,3)10-12-8-6-4-5-7-9(8)15(10,13)14/h4-7H,1-3H3. The molecule has 0 unspecified atom stereocenters. The topological polar surface area (TPSA) is 12.4 Å². The van der Waals surface area contributed by atoms with Crippen molar-refractivity contribution in [2.24, 2.45) is 10.4 Å². The van der Waals surface area contributed by atoms with Crippen LogP contribution in [0.4, 0.5) is 5.69 Å². The van der Waals surface area contributed by atoms with Crippen molar-refractivity contribution in [1.29, 1.82) is 0 Å². The molecule has 0 fully saturated rings. The molecule has 0 bridgehead atoms. The molecule has 0 amide bonds. The Hall–Kier alpha value is -0.320. The van der Waals surface area contributed by atoms with Gasteiger partial charge < -0.3 is 0 Å². The van der Waals surface area contributed by atoms with Gasteiger partial charge in [0.2, 0.25) is 0 Å². The third kappa shape index (κ3) is 1.75. The van der Waals surface area contributed by atoms with Crippen LogP contribution in [0, 0.1) is 5.41 Å². The van der Waals surface area contributed by atoms with Crippen molar-refractivity contribution in [2.75, 3.05) is 0 Å². The second-order valence-electron chi connectivity index (χ2n) is 4.64. The Morgan fingerprint density at radius 2 is 1.73 bits per heavy atom. The van der Waals surface area contributed by atoms with Crippen molar-refractivity contribution in [3.8, 4) is 0 Å². The van der Waals surface area contributed by atoms with Crippen LogP contribution in [0.1, 0.15) is 20.8 Å². The Kier molecular flexibility index (Phi) is 2.48. The van der Waals surface area contributed by atoms with E-state index in [4.69, 9.17) is 22.4 Å². The van der Waals surface area contributed by atoms with Gasteiger partial charge in [-0.25, -0.2) is 4.99 Å². The van der Waals surface area contributed by atoms with E-state index in [0.29, 0.717) is 0 Å². The lowest BCUT2D eigenvalue weighted by Gasteiger charge is -2.21. The molecule has 0 aliphatic carbocycles. The van der Waals surface area contributed by atoms with E-state index < -0.39 is 7.15 Å². The van der Waals surface area contributed by atoms with E-state index in [2.05, 4.69) is 25.8 Å². The number of hydrogen-bond donors (Lipinski definition) is 0. The van der Waals surface area contributed by atoms with E-state index >= 15 is 0 Å². The van der Waals surface area contributed by atoms with Gasteiger partial charge in [0, 0.05) is 10.3 Å². The molecule has 1 aromatic rings. The number of benzene rings is 1.